The van der Waals surface area contributed by atoms with Crippen molar-refractivity contribution in [3.05, 3.63) is 0 Å². The first-order chi connectivity index (χ1) is 16.0. The molecule has 0 aromatic rings. The van der Waals surface area contributed by atoms with Crippen LogP contribution in [0.5, 0.6) is 0 Å². The molecule has 1 fully saturated rings. The SMILES string of the molecule is CCCC(=O)OCC(COC(=O)CCNCCCCNC)NC(=O)CCCCC1CCSS1. The Morgan fingerprint density at radius 2 is 1.67 bits per heavy atom. The lowest BCUT2D eigenvalue weighted by Gasteiger charge is -2.19. The molecule has 2 atom stereocenters. The molecule has 3 N–H and O–H groups in total. The van der Waals surface area contributed by atoms with Crippen LogP contribution < -0.4 is 16.0 Å². The molecular formula is C23H43N3O5S2. The summed E-state index contributed by atoms with van der Waals surface area (Å²) in [6.07, 6.45) is 8.11. The molecule has 0 saturated carbocycles. The van der Waals surface area contributed by atoms with Crippen molar-refractivity contribution in [2.75, 3.05) is 45.6 Å². The summed E-state index contributed by atoms with van der Waals surface area (Å²) in [5.74, 6) is 0.486. The highest BCUT2D eigenvalue weighted by Gasteiger charge is 2.18. The minimum atomic E-state index is -0.529. The first kappa shape index (κ1) is 30.1. The molecule has 2 unspecified atom stereocenters. The van der Waals surface area contributed by atoms with E-state index in [2.05, 4.69) is 16.0 Å². The van der Waals surface area contributed by atoms with Gasteiger partial charge in [0.15, 0.2) is 0 Å². The van der Waals surface area contributed by atoms with Gasteiger partial charge in [0.2, 0.25) is 5.91 Å². The van der Waals surface area contributed by atoms with Gasteiger partial charge < -0.3 is 25.4 Å². The molecule has 0 aliphatic carbocycles. The summed E-state index contributed by atoms with van der Waals surface area (Å²) in [6, 6.07) is -0.529. The van der Waals surface area contributed by atoms with Gasteiger partial charge in [-0.1, -0.05) is 34.9 Å². The molecule has 1 aliphatic rings. The zero-order chi connectivity index (χ0) is 24.2. The van der Waals surface area contributed by atoms with Gasteiger partial charge in [-0.2, -0.15) is 0 Å². The van der Waals surface area contributed by atoms with Crippen molar-refractivity contribution in [3.8, 4) is 0 Å². The third-order valence-corrected chi connectivity index (χ3v) is 8.16. The van der Waals surface area contributed by atoms with Crippen LogP contribution in [0.15, 0.2) is 0 Å². The number of hydrogen-bond donors (Lipinski definition) is 3. The summed E-state index contributed by atoms with van der Waals surface area (Å²) in [4.78, 5) is 36.1. The summed E-state index contributed by atoms with van der Waals surface area (Å²) in [7, 11) is 5.82. The molecule has 1 saturated heterocycles. The standard InChI is InChI=1S/C23H43N3O5S2/c1-3-8-22(28)30-17-19(18-31-23(29)11-15-25-14-7-6-13-24-2)26-21(27)10-5-4-9-20-12-16-32-33-20/h19-20,24-25H,3-18H2,1-2H3,(H,26,27). The Kier molecular flexibility index (Phi) is 18.6. The number of hydrogen-bond acceptors (Lipinski definition) is 9. The van der Waals surface area contributed by atoms with Crippen molar-refractivity contribution in [2.24, 2.45) is 0 Å². The lowest BCUT2D eigenvalue weighted by molar-refractivity contribution is -0.148. The van der Waals surface area contributed by atoms with E-state index >= 15 is 0 Å². The van der Waals surface area contributed by atoms with Crippen LogP contribution in [0, 0.1) is 0 Å². The van der Waals surface area contributed by atoms with E-state index in [4.69, 9.17) is 9.47 Å². The number of carbonyl (C=O) groups excluding carboxylic acids is 3. The Bertz CT molecular complexity index is 548. The second kappa shape index (κ2) is 20.4. The highest BCUT2D eigenvalue weighted by Crippen LogP contribution is 2.39. The van der Waals surface area contributed by atoms with Crippen LogP contribution in [0.2, 0.25) is 0 Å². The molecule has 33 heavy (non-hydrogen) atoms. The quantitative estimate of drug-likeness (QED) is 0.131. The van der Waals surface area contributed by atoms with E-state index in [1.165, 1.54) is 12.2 Å². The largest absolute Gasteiger partial charge is 0.463 e. The lowest BCUT2D eigenvalue weighted by atomic mass is 10.1. The third-order valence-electron chi connectivity index (χ3n) is 5.15. The van der Waals surface area contributed by atoms with Crippen LogP contribution >= 0.6 is 21.6 Å². The molecule has 0 radical (unpaired) electrons. The highest BCUT2D eigenvalue weighted by atomic mass is 33.1. The van der Waals surface area contributed by atoms with Crippen molar-refractivity contribution < 1.29 is 23.9 Å². The molecule has 1 rings (SSSR count). The molecule has 0 aromatic carbocycles. The summed E-state index contributed by atoms with van der Waals surface area (Å²) in [5, 5.41) is 9.91. The summed E-state index contributed by atoms with van der Waals surface area (Å²) in [6.45, 7) is 4.32. The van der Waals surface area contributed by atoms with Crippen molar-refractivity contribution in [1.82, 2.24) is 16.0 Å². The summed E-state index contributed by atoms with van der Waals surface area (Å²) in [5.41, 5.74) is 0. The predicted molar refractivity (Wildman–Crippen MR) is 136 cm³/mol. The zero-order valence-corrected chi connectivity index (χ0v) is 22.0. The van der Waals surface area contributed by atoms with Crippen LogP contribution in [0.3, 0.4) is 0 Å². The average molecular weight is 506 g/mol. The molecule has 10 heteroatoms. The Balaban J connectivity index is 2.27. The van der Waals surface area contributed by atoms with Crippen LogP contribution in [-0.2, 0) is 23.9 Å². The molecule has 192 valence electrons. The normalized spacial score (nSPS) is 16.4. The molecule has 1 heterocycles. The van der Waals surface area contributed by atoms with Crippen molar-refractivity contribution in [3.63, 3.8) is 0 Å². The van der Waals surface area contributed by atoms with E-state index in [0.29, 0.717) is 31.1 Å². The second-order valence-electron chi connectivity index (χ2n) is 8.27. The third kappa shape index (κ3) is 17.2. The molecule has 1 amide bonds. The van der Waals surface area contributed by atoms with E-state index in [1.54, 1.807) is 0 Å². The molecule has 1 aliphatic heterocycles. The lowest BCUT2D eigenvalue weighted by Crippen LogP contribution is -2.42. The highest BCUT2D eigenvalue weighted by molar-refractivity contribution is 8.77. The van der Waals surface area contributed by atoms with Gasteiger partial charge in [0.1, 0.15) is 13.2 Å². The number of nitrogens with one attached hydrogen (secondary N) is 3. The monoisotopic (exact) mass is 505 g/mol. The van der Waals surface area contributed by atoms with Crippen molar-refractivity contribution in [1.29, 1.82) is 0 Å². The molecule has 0 bridgehead atoms. The number of amides is 1. The van der Waals surface area contributed by atoms with Crippen molar-refractivity contribution >= 4 is 39.4 Å². The molecule has 0 aromatic heterocycles. The van der Waals surface area contributed by atoms with Crippen LogP contribution in [-0.4, -0.2) is 74.8 Å². The Labute approximate surface area is 207 Å². The number of esters is 2. The fraction of sp³-hybridized carbons (Fsp3) is 0.870. The fourth-order valence-corrected chi connectivity index (χ4v) is 6.28. The smallest absolute Gasteiger partial charge is 0.307 e. The van der Waals surface area contributed by atoms with Crippen LogP contribution in [0.25, 0.3) is 0 Å². The van der Waals surface area contributed by atoms with Crippen molar-refractivity contribution in [2.45, 2.75) is 82.4 Å². The zero-order valence-electron chi connectivity index (χ0n) is 20.3. The van der Waals surface area contributed by atoms with Crippen LogP contribution in [0.1, 0.15) is 71.1 Å². The van der Waals surface area contributed by atoms with Gasteiger partial charge in [0.05, 0.1) is 12.5 Å². The number of ether oxygens (including phenoxy) is 2. The van der Waals surface area contributed by atoms with E-state index < -0.39 is 6.04 Å². The molecule has 0 spiro atoms. The summed E-state index contributed by atoms with van der Waals surface area (Å²) < 4.78 is 10.6. The van der Waals surface area contributed by atoms with E-state index in [-0.39, 0.29) is 37.5 Å². The Hall–Kier alpha value is -0.970. The summed E-state index contributed by atoms with van der Waals surface area (Å²) >= 11 is 0. The van der Waals surface area contributed by atoms with E-state index in [9.17, 15) is 14.4 Å². The van der Waals surface area contributed by atoms with Gasteiger partial charge in [-0.3, -0.25) is 14.4 Å². The number of rotatable bonds is 20. The van der Waals surface area contributed by atoms with Gasteiger partial charge in [0.25, 0.3) is 0 Å². The van der Waals surface area contributed by atoms with Gasteiger partial charge in [-0.15, -0.1) is 0 Å². The maximum Gasteiger partial charge on any atom is 0.307 e. The molecular weight excluding hydrogens is 462 g/mol. The van der Waals surface area contributed by atoms with Gasteiger partial charge in [-0.05, 0) is 58.7 Å². The minimum absolute atomic E-state index is 0.00207. The van der Waals surface area contributed by atoms with E-state index in [0.717, 1.165) is 45.2 Å². The number of carbonyl (C=O) groups is 3. The maximum absolute atomic E-state index is 12.4. The van der Waals surface area contributed by atoms with Crippen LogP contribution in [0.4, 0.5) is 0 Å². The van der Waals surface area contributed by atoms with Gasteiger partial charge in [0, 0.05) is 30.4 Å². The van der Waals surface area contributed by atoms with E-state index in [1.807, 2.05) is 35.6 Å². The molecule has 8 nitrogen and oxygen atoms in total. The average Bonchev–Trinajstić information content (AvgIpc) is 3.31. The van der Waals surface area contributed by atoms with Gasteiger partial charge >= 0.3 is 11.9 Å². The predicted octanol–water partition coefficient (Wildman–Crippen LogP) is 3.05. The van der Waals surface area contributed by atoms with Gasteiger partial charge in [-0.25, -0.2) is 0 Å². The first-order valence-electron chi connectivity index (χ1n) is 12.3. The fourth-order valence-electron chi connectivity index (χ4n) is 3.26. The maximum atomic E-state index is 12.4. The first-order valence-corrected chi connectivity index (χ1v) is 14.7. The minimum Gasteiger partial charge on any atom is -0.463 e. The second-order valence-corrected chi connectivity index (χ2v) is 11.1. The Morgan fingerprint density at radius 3 is 2.33 bits per heavy atom. The Morgan fingerprint density at radius 1 is 0.939 bits per heavy atom. The topological polar surface area (TPSA) is 106 Å². The number of unbranched alkanes of at least 4 members (excludes halogenated alkanes) is 2.